The Morgan fingerprint density at radius 3 is 2.14 bits per heavy atom. The molecule has 2 heterocycles. The highest BCUT2D eigenvalue weighted by Crippen LogP contribution is 2.22. The summed E-state index contributed by atoms with van der Waals surface area (Å²) in [5.41, 5.74) is 4.57. The molecule has 0 bridgehead atoms. The van der Waals surface area contributed by atoms with E-state index >= 15 is 0 Å². The first-order valence-electron chi connectivity index (χ1n) is 7.35. The molecule has 2 saturated heterocycles. The van der Waals surface area contributed by atoms with Gasteiger partial charge in [0.25, 0.3) is 0 Å². The van der Waals surface area contributed by atoms with Crippen molar-refractivity contribution in [2.75, 3.05) is 38.4 Å². The molecule has 3 rings (SSSR count). The molecule has 0 atom stereocenters. The number of carbonyl (C=O) groups excluding carboxylic acids is 1. The van der Waals surface area contributed by atoms with Crippen LogP contribution in [0.5, 0.6) is 0 Å². The summed E-state index contributed by atoms with van der Waals surface area (Å²) in [5.74, 6) is -2.22. The van der Waals surface area contributed by atoms with Gasteiger partial charge in [0.05, 0.1) is 5.69 Å². The van der Waals surface area contributed by atoms with E-state index in [0.29, 0.717) is 6.29 Å². The number of rotatable bonds is 1. The zero-order valence-electron chi connectivity index (χ0n) is 12.9. The van der Waals surface area contributed by atoms with Crippen LogP contribution in [0.3, 0.4) is 0 Å². The molecule has 1 aromatic carbocycles. The predicted molar refractivity (Wildman–Crippen MR) is 88.7 cm³/mol. The summed E-state index contributed by atoms with van der Waals surface area (Å²) in [5, 5.41) is 3.28. The van der Waals surface area contributed by atoms with Crippen molar-refractivity contribution in [2.45, 2.75) is 19.3 Å². The van der Waals surface area contributed by atoms with Crippen molar-refractivity contribution >= 4 is 20.6 Å². The van der Waals surface area contributed by atoms with Gasteiger partial charge in [-0.1, -0.05) is 15.0 Å². The van der Waals surface area contributed by atoms with E-state index in [-0.39, 0.29) is 5.56 Å². The molecule has 2 fully saturated rings. The second-order valence-electron chi connectivity index (χ2n) is 5.22. The van der Waals surface area contributed by atoms with Crippen LogP contribution in [-0.4, -0.2) is 43.9 Å². The molecule has 0 aromatic heterocycles. The summed E-state index contributed by atoms with van der Waals surface area (Å²) in [6.07, 6.45) is 7.28. The lowest BCUT2D eigenvalue weighted by Crippen LogP contribution is -2.24. The standard InChI is InChI=1S/C7H5F2NO.C5H11N.C3H8NP/c8-5-2-1-4(3-11)7(10)6(5)9;1-2-4-6-5-3-1;1-4-2-5-3-4/h1-3H,10H2;6H,1-5H2;5H,2-3H2,1H3. The molecule has 124 valence electrons. The molecule has 7 heteroatoms. The largest absolute Gasteiger partial charge is 0.396 e. The number of hydrogen-bond acceptors (Lipinski definition) is 4. The number of nitrogen functional groups attached to an aromatic ring is 1. The monoisotopic (exact) mass is 331 g/mol. The molecular weight excluding hydrogens is 307 g/mol. The average molecular weight is 331 g/mol. The topological polar surface area (TPSA) is 58.4 Å². The van der Waals surface area contributed by atoms with E-state index in [1.807, 2.05) is 0 Å². The second-order valence-corrected chi connectivity index (χ2v) is 6.35. The lowest BCUT2D eigenvalue weighted by molar-refractivity contribution is 0.112. The molecule has 0 aliphatic carbocycles. The molecule has 2 aliphatic rings. The summed E-state index contributed by atoms with van der Waals surface area (Å²) >= 11 is 0. The molecule has 0 unspecified atom stereocenters. The van der Waals surface area contributed by atoms with E-state index in [4.69, 9.17) is 5.73 Å². The fourth-order valence-corrected chi connectivity index (χ4v) is 2.49. The quantitative estimate of drug-likeness (QED) is 0.472. The van der Waals surface area contributed by atoms with Gasteiger partial charge in [-0.05, 0) is 45.1 Å². The van der Waals surface area contributed by atoms with E-state index in [2.05, 4.69) is 17.3 Å². The summed E-state index contributed by atoms with van der Waals surface area (Å²) < 4.78 is 24.8. The Morgan fingerprint density at radius 2 is 1.82 bits per heavy atom. The van der Waals surface area contributed by atoms with Gasteiger partial charge in [0.2, 0.25) is 0 Å². The normalized spacial score (nSPS) is 17.2. The molecule has 4 nitrogen and oxygen atoms in total. The highest BCUT2D eigenvalue weighted by Gasteiger charge is 2.08. The van der Waals surface area contributed by atoms with Gasteiger partial charge in [-0.3, -0.25) is 9.69 Å². The van der Waals surface area contributed by atoms with Gasteiger partial charge >= 0.3 is 0 Å². The molecule has 0 amide bonds. The van der Waals surface area contributed by atoms with Gasteiger partial charge in [0.15, 0.2) is 17.9 Å². The fraction of sp³-hybridized carbons (Fsp3) is 0.533. The van der Waals surface area contributed by atoms with Gasteiger partial charge in [-0.2, -0.15) is 0 Å². The van der Waals surface area contributed by atoms with Crippen LogP contribution in [0.4, 0.5) is 14.5 Å². The molecular formula is C15H24F2N3OP. The maximum absolute atomic E-state index is 12.5. The molecule has 1 aromatic rings. The van der Waals surface area contributed by atoms with Crippen molar-refractivity contribution in [2.24, 2.45) is 0 Å². The number of piperidine rings is 1. The number of aldehydes is 1. The van der Waals surface area contributed by atoms with Crippen LogP contribution in [0.25, 0.3) is 0 Å². The molecule has 2 aliphatic heterocycles. The minimum atomic E-state index is -1.17. The van der Waals surface area contributed by atoms with Crippen LogP contribution < -0.4 is 11.1 Å². The van der Waals surface area contributed by atoms with Crippen LogP contribution in [-0.2, 0) is 0 Å². The van der Waals surface area contributed by atoms with Crippen molar-refractivity contribution in [1.82, 2.24) is 10.2 Å². The van der Waals surface area contributed by atoms with E-state index in [1.165, 1.54) is 53.5 Å². The van der Waals surface area contributed by atoms with E-state index in [1.54, 1.807) is 0 Å². The van der Waals surface area contributed by atoms with Crippen molar-refractivity contribution in [3.63, 3.8) is 0 Å². The van der Waals surface area contributed by atoms with Gasteiger partial charge < -0.3 is 11.1 Å². The number of benzene rings is 1. The van der Waals surface area contributed by atoms with E-state index < -0.39 is 17.3 Å². The number of halogens is 2. The maximum Gasteiger partial charge on any atom is 0.182 e. The summed E-state index contributed by atoms with van der Waals surface area (Å²) in [7, 11) is 3.38. The minimum absolute atomic E-state index is 0.0381. The molecule has 22 heavy (non-hydrogen) atoms. The molecule has 0 spiro atoms. The van der Waals surface area contributed by atoms with Crippen LogP contribution in [0, 0.1) is 11.6 Å². The number of nitrogens with one attached hydrogen (secondary N) is 1. The lowest BCUT2D eigenvalue weighted by Gasteiger charge is -2.24. The zero-order valence-corrected chi connectivity index (χ0v) is 13.9. The third kappa shape index (κ3) is 6.77. The average Bonchev–Trinajstić information content (AvgIpc) is 2.54. The molecule has 3 N–H and O–H groups in total. The minimum Gasteiger partial charge on any atom is -0.396 e. The Bertz CT molecular complexity index is 455. The summed E-state index contributed by atoms with van der Waals surface area (Å²) in [4.78, 5) is 12.4. The molecule has 0 saturated carbocycles. The number of anilines is 1. The second kappa shape index (κ2) is 10.6. The highest BCUT2D eigenvalue weighted by molar-refractivity contribution is 7.39. The third-order valence-corrected chi connectivity index (χ3v) is 4.79. The van der Waals surface area contributed by atoms with Crippen LogP contribution in [0.15, 0.2) is 12.1 Å². The first-order valence-corrected chi connectivity index (χ1v) is 8.76. The van der Waals surface area contributed by atoms with Crippen molar-refractivity contribution in [1.29, 1.82) is 0 Å². The Morgan fingerprint density at radius 1 is 1.23 bits per heavy atom. The number of nitrogens with zero attached hydrogens (tertiary/aromatic N) is 1. The number of hydrogen-bond donors (Lipinski definition) is 2. The smallest absolute Gasteiger partial charge is 0.182 e. The summed E-state index contributed by atoms with van der Waals surface area (Å²) in [6.45, 7) is 2.50. The maximum atomic E-state index is 12.5. The van der Waals surface area contributed by atoms with Gasteiger partial charge in [0.1, 0.15) is 0 Å². The van der Waals surface area contributed by atoms with Crippen molar-refractivity contribution in [3.05, 3.63) is 29.3 Å². The van der Waals surface area contributed by atoms with Crippen LogP contribution in [0.2, 0.25) is 0 Å². The Hall–Kier alpha value is -1.10. The Balaban J connectivity index is 0.000000184. The summed E-state index contributed by atoms with van der Waals surface area (Å²) in [6, 6.07) is 1.98. The van der Waals surface area contributed by atoms with Crippen LogP contribution >= 0.6 is 8.58 Å². The predicted octanol–water partition coefficient (Wildman–Crippen LogP) is 2.64. The van der Waals surface area contributed by atoms with Gasteiger partial charge in [0, 0.05) is 18.1 Å². The van der Waals surface area contributed by atoms with E-state index in [0.717, 1.165) is 12.1 Å². The Kier molecular flexibility index (Phi) is 9.13. The first kappa shape index (κ1) is 18.9. The van der Waals surface area contributed by atoms with Gasteiger partial charge in [-0.15, -0.1) is 0 Å². The van der Waals surface area contributed by atoms with Crippen molar-refractivity contribution in [3.8, 4) is 0 Å². The third-order valence-electron chi connectivity index (χ3n) is 3.26. The van der Waals surface area contributed by atoms with Crippen LogP contribution in [0.1, 0.15) is 29.6 Å². The Labute approximate surface area is 132 Å². The number of nitrogens with two attached hydrogens (primary N) is 1. The number of carbonyl (C=O) groups is 1. The fourth-order valence-electron chi connectivity index (χ4n) is 1.82. The first-order chi connectivity index (χ1) is 10.6. The van der Waals surface area contributed by atoms with Gasteiger partial charge in [-0.25, -0.2) is 8.78 Å². The highest BCUT2D eigenvalue weighted by atomic mass is 31.1. The molecule has 0 radical (unpaired) electrons. The lowest BCUT2D eigenvalue weighted by atomic mass is 10.2. The van der Waals surface area contributed by atoms with E-state index in [9.17, 15) is 13.6 Å². The van der Waals surface area contributed by atoms with Crippen molar-refractivity contribution < 1.29 is 13.6 Å². The zero-order chi connectivity index (χ0) is 16.4. The SMILES string of the molecule is C1CCNCC1.CN1CPC1.Nc1c(C=O)ccc(F)c1F.